The predicted octanol–water partition coefficient (Wildman–Crippen LogP) is 2.85. The molecule has 2 N–H and O–H groups in total. The van der Waals surface area contributed by atoms with Crippen LogP contribution in [0, 0.1) is 11.8 Å². The van der Waals surface area contributed by atoms with Crippen LogP contribution in [0.4, 0.5) is 0 Å². The molecule has 6 heteroatoms. The summed E-state index contributed by atoms with van der Waals surface area (Å²) in [7, 11) is 0. The van der Waals surface area contributed by atoms with Crippen LogP contribution in [0.5, 0.6) is 0 Å². The molecule has 2 aromatic rings. The number of hydrogen-bond donors (Lipinski definition) is 2. The molecule has 19 heavy (non-hydrogen) atoms. The van der Waals surface area contributed by atoms with E-state index in [-0.39, 0.29) is 12.5 Å². The van der Waals surface area contributed by atoms with Gasteiger partial charge in [-0.2, -0.15) is 0 Å². The van der Waals surface area contributed by atoms with Gasteiger partial charge < -0.3 is 10.4 Å². The Hall–Kier alpha value is -1.13. The van der Waals surface area contributed by atoms with Crippen LogP contribution in [0.1, 0.15) is 19.4 Å². The quantitative estimate of drug-likeness (QED) is 0.831. The van der Waals surface area contributed by atoms with Gasteiger partial charge in [-0.25, -0.2) is 0 Å². The molecular weight excluding hydrogens is 346 g/mol. The maximum atomic E-state index is 11.9. The van der Waals surface area contributed by atoms with E-state index in [1.165, 1.54) is 11.3 Å². The minimum absolute atomic E-state index is 0.109. The zero-order chi connectivity index (χ0) is 13.7. The molecule has 0 saturated heterocycles. The summed E-state index contributed by atoms with van der Waals surface area (Å²) in [5.74, 6) is 5.23. The van der Waals surface area contributed by atoms with E-state index in [9.17, 15) is 4.79 Å². The van der Waals surface area contributed by atoms with Crippen molar-refractivity contribution in [3.05, 3.63) is 42.7 Å². The van der Waals surface area contributed by atoms with E-state index in [0.29, 0.717) is 11.4 Å². The second-order valence-electron chi connectivity index (χ2n) is 3.50. The van der Waals surface area contributed by atoms with Gasteiger partial charge >= 0.3 is 0 Å². The van der Waals surface area contributed by atoms with Crippen molar-refractivity contribution in [2.24, 2.45) is 0 Å². The monoisotopic (exact) mass is 355 g/mol. The van der Waals surface area contributed by atoms with Crippen molar-refractivity contribution in [1.82, 2.24) is 5.32 Å². The van der Waals surface area contributed by atoms with E-state index < -0.39 is 0 Å². The average molecular weight is 356 g/mol. The maximum absolute atomic E-state index is 11.9. The Bertz CT molecular complexity index is 636. The minimum Gasteiger partial charge on any atom is -0.384 e. The lowest BCUT2D eigenvalue weighted by molar-refractivity contribution is 0.0955. The Kier molecular flexibility index (Phi) is 5.16. The summed E-state index contributed by atoms with van der Waals surface area (Å²) in [6, 6.07) is 5.48. The van der Waals surface area contributed by atoms with E-state index in [1.54, 1.807) is 23.5 Å². The van der Waals surface area contributed by atoms with Crippen LogP contribution < -0.4 is 5.32 Å². The van der Waals surface area contributed by atoms with Crippen molar-refractivity contribution in [2.45, 2.75) is 6.54 Å². The number of halogens is 1. The van der Waals surface area contributed by atoms with Crippen molar-refractivity contribution in [1.29, 1.82) is 0 Å². The van der Waals surface area contributed by atoms with Crippen LogP contribution in [0.15, 0.2) is 28.1 Å². The fourth-order valence-corrected chi connectivity index (χ4v) is 3.58. The van der Waals surface area contributed by atoms with Gasteiger partial charge in [-0.05, 0) is 39.5 Å². The van der Waals surface area contributed by atoms with Gasteiger partial charge in [-0.15, -0.1) is 22.7 Å². The first kappa shape index (κ1) is 14.3. The van der Waals surface area contributed by atoms with Gasteiger partial charge in [0.25, 0.3) is 5.91 Å². The summed E-state index contributed by atoms with van der Waals surface area (Å²) >= 11 is 6.34. The third-order valence-electron chi connectivity index (χ3n) is 2.22. The molecule has 0 atom stereocenters. The van der Waals surface area contributed by atoms with Gasteiger partial charge in [-0.3, -0.25) is 4.79 Å². The van der Waals surface area contributed by atoms with E-state index >= 15 is 0 Å². The molecule has 0 spiro atoms. The lowest BCUT2D eigenvalue weighted by atomic mass is 10.4. The number of thiophene rings is 2. The van der Waals surface area contributed by atoms with Crippen LogP contribution in [0.3, 0.4) is 0 Å². The molecular formula is C13H10BrNO2S2. The van der Waals surface area contributed by atoms with Crippen molar-refractivity contribution < 1.29 is 9.90 Å². The number of amides is 1. The molecule has 98 valence electrons. The van der Waals surface area contributed by atoms with Gasteiger partial charge in [0.05, 0.1) is 16.3 Å². The van der Waals surface area contributed by atoms with Gasteiger partial charge in [0.1, 0.15) is 6.61 Å². The Morgan fingerprint density at radius 2 is 2.26 bits per heavy atom. The molecule has 2 rings (SSSR count). The fourth-order valence-electron chi connectivity index (χ4n) is 1.35. The number of hydrogen-bond acceptors (Lipinski definition) is 4. The molecule has 0 aliphatic rings. The van der Waals surface area contributed by atoms with Crippen LogP contribution >= 0.6 is 38.6 Å². The zero-order valence-electron chi connectivity index (χ0n) is 9.77. The highest BCUT2D eigenvalue weighted by molar-refractivity contribution is 9.10. The topological polar surface area (TPSA) is 49.3 Å². The third kappa shape index (κ3) is 3.91. The molecule has 0 bridgehead atoms. The van der Waals surface area contributed by atoms with Gasteiger partial charge in [0.2, 0.25) is 0 Å². The molecule has 1 amide bonds. The summed E-state index contributed by atoms with van der Waals surface area (Å²) in [5, 5.41) is 13.4. The Morgan fingerprint density at radius 3 is 2.95 bits per heavy atom. The van der Waals surface area contributed by atoms with Gasteiger partial charge in [-0.1, -0.05) is 11.8 Å². The average Bonchev–Trinajstić information content (AvgIpc) is 3.03. The highest BCUT2D eigenvalue weighted by Gasteiger charge is 2.09. The SMILES string of the molecule is O=C(NCc1sccc1Br)c1ccc(C#CCO)s1. The van der Waals surface area contributed by atoms with Crippen LogP contribution in [0.2, 0.25) is 0 Å². The molecule has 2 aromatic heterocycles. The van der Waals surface area contributed by atoms with Crippen molar-refractivity contribution >= 4 is 44.5 Å². The first-order valence-electron chi connectivity index (χ1n) is 5.40. The van der Waals surface area contributed by atoms with Gasteiger partial charge in [0, 0.05) is 9.35 Å². The summed E-state index contributed by atoms with van der Waals surface area (Å²) < 4.78 is 1.01. The van der Waals surface area contributed by atoms with Crippen LogP contribution in [0.25, 0.3) is 0 Å². The lowest BCUT2D eigenvalue weighted by Crippen LogP contribution is -2.21. The van der Waals surface area contributed by atoms with E-state index in [4.69, 9.17) is 5.11 Å². The highest BCUT2D eigenvalue weighted by Crippen LogP contribution is 2.22. The van der Waals surface area contributed by atoms with E-state index in [0.717, 1.165) is 14.2 Å². The molecule has 2 heterocycles. The summed E-state index contributed by atoms with van der Waals surface area (Å²) in [6.45, 7) is 0.332. The predicted molar refractivity (Wildman–Crippen MR) is 81.5 cm³/mol. The van der Waals surface area contributed by atoms with E-state index in [1.807, 2.05) is 11.4 Å². The smallest absolute Gasteiger partial charge is 0.261 e. The highest BCUT2D eigenvalue weighted by atomic mass is 79.9. The second-order valence-corrected chi connectivity index (χ2v) is 6.44. The molecule has 0 radical (unpaired) electrons. The Morgan fingerprint density at radius 1 is 1.42 bits per heavy atom. The summed E-state index contributed by atoms with van der Waals surface area (Å²) in [4.78, 5) is 14.4. The molecule has 0 unspecified atom stereocenters. The Labute approximate surface area is 127 Å². The number of nitrogens with one attached hydrogen (secondary N) is 1. The maximum Gasteiger partial charge on any atom is 0.261 e. The molecule has 0 aliphatic carbocycles. The van der Waals surface area contributed by atoms with Crippen molar-refractivity contribution in [3.8, 4) is 11.8 Å². The largest absolute Gasteiger partial charge is 0.384 e. The first-order chi connectivity index (χ1) is 9.20. The number of aliphatic hydroxyl groups is 1. The van der Waals surface area contributed by atoms with Gasteiger partial charge in [0.15, 0.2) is 0 Å². The molecule has 0 aliphatic heterocycles. The van der Waals surface area contributed by atoms with Crippen LogP contribution in [-0.2, 0) is 6.54 Å². The van der Waals surface area contributed by atoms with E-state index in [2.05, 4.69) is 33.1 Å². The normalized spacial score (nSPS) is 9.79. The van der Waals surface area contributed by atoms with Crippen molar-refractivity contribution in [3.63, 3.8) is 0 Å². The number of rotatable bonds is 3. The first-order valence-corrected chi connectivity index (χ1v) is 7.89. The summed E-state index contributed by atoms with van der Waals surface area (Å²) in [5.41, 5.74) is 0. The molecule has 0 aromatic carbocycles. The number of carbonyl (C=O) groups excluding carboxylic acids is 1. The standard InChI is InChI=1S/C13H10BrNO2S2/c14-10-5-7-18-12(10)8-15-13(17)11-4-3-9(19-11)2-1-6-16/h3-5,7,16H,6,8H2,(H,15,17). The third-order valence-corrected chi connectivity index (χ3v) is 5.15. The van der Waals surface area contributed by atoms with Crippen molar-refractivity contribution in [2.75, 3.05) is 6.61 Å². The Balaban J connectivity index is 1.96. The fraction of sp³-hybridized carbons (Fsp3) is 0.154. The minimum atomic E-state index is -0.175. The molecule has 3 nitrogen and oxygen atoms in total. The second kappa shape index (κ2) is 6.87. The summed E-state index contributed by atoms with van der Waals surface area (Å²) in [6.07, 6.45) is 0. The number of aliphatic hydroxyl groups excluding tert-OH is 1. The zero-order valence-corrected chi connectivity index (χ0v) is 13.0. The van der Waals surface area contributed by atoms with Crippen LogP contribution in [-0.4, -0.2) is 17.6 Å². The number of carbonyl (C=O) groups is 1. The molecule has 0 saturated carbocycles. The lowest BCUT2D eigenvalue weighted by Gasteiger charge is -2.01. The molecule has 0 fully saturated rings.